The molecule has 3 N–H and O–H groups in total. The number of hydrogen-bond donors (Lipinski definition) is 3. The lowest BCUT2D eigenvalue weighted by atomic mass is 9.62. The molecule has 1 aromatic carbocycles. The van der Waals surface area contributed by atoms with Crippen molar-refractivity contribution in [3.63, 3.8) is 0 Å². The number of carbonyl (C=O) groups excluding carboxylic acids is 3. The maximum absolute atomic E-state index is 13.9. The second kappa shape index (κ2) is 10.3. The number of nitrogens with one attached hydrogen (secondary N) is 2. The summed E-state index contributed by atoms with van der Waals surface area (Å²) in [6.45, 7) is 7.37. The Bertz CT molecular complexity index is 940. The number of likely N-dealkylation sites (tertiary alicyclic amines) is 1. The number of benzene rings is 1. The van der Waals surface area contributed by atoms with Gasteiger partial charge in [0.1, 0.15) is 11.6 Å². The Balaban J connectivity index is 1.65. The van der Waals surface area contributed by atoms with Gasteiger partial charge in [0.2, 0.25) is 17.7 Å². The minimum Gasteiger partial charge on any atom is -0.396 e. The van der Waals surface area contributed by atoms with E-state index in [0.29, 0.717) is 38.9 Å². The quantitative estimate of drug-likeness (QED) is 0.416. The zero-order valence-corrected chi connectivity index (χ0v) is 21.1. The van der Waals surface area contributed by atoms with E-state index in [1.54, 1.807) is 4.90 Å². The minimum atomic E-state index is -1.02. The zero-order chi connectivity index (χ0) is 25.2. The van der Waals surface area contributed by atoms with Crippen molar-refractivity contribution >= 4 is 17.7 Å². The van der Waals surface area contributed by atoms with E-state index < -0.39 is 29.1 Å². The SMILES string of the molecule is CCCNC(=O)[C@@H]1[C@H]2C(=O)N(CCCCCO)C(C(=O)NCc3ccccc3)C23CC(C)[C@@]1(C)O3. The second-order valence-corrected chi connectivity index (χ2v) is 10.5. The summed E-state index contributed by atoms with van der Waals surface area (Å²) in [6, 6.07) is 8.88. The van der Waals surface area contributed by atoms with Crippen LogP contribution in [0.4, 0.5) is 0 Å². The number of hydrogen-bond acceptors (Lipinski definition) is 5. The third kappa shape index (κ3) is 4.35. The highest BCUT2D eigenvalue weighted by atomic mass is 16.5. The van der Waals surface area contributed by atoms with Gasteiger partial charge in [0.25, 0.3) is 0 Å². The van der Waals surface area contributed by atoms with Crippen LogP contribution in [-0.2, 0) is 25.7 Å². The van der Waals surface area contributed by atoms with E-state index in [-0.39, 0.29) is 30.2 Å². The molecule has 35 heavy (non-hydrogen) atoms. The first-order chi connectivity index (χ1) is 16.8. The van der Waals surface area contributed by atoms with Crippen LogP contribution in [0.25, 0.3) is 0 Å². The number of ether oxygens (including phenoxy) is 1. The van der Waals surface area contributed by atoms with E-state index in [1.165, 1.54) is 0 Å². The molecule has 0 radical (unpaired) electrons. The van der Waals surface area contributed by atoms with Crippen molar-refractivity contribution < 1.29 is 24.2 Å². The van der Waals surface area contributed by atoms with Crippen LogP contribution in [0.15, 0.2) is 30.3 Å². The molecule has 3 aliphatic rings. The first kappa shape index (κ1) is 25.6. The van der Waals surface area contributed by atoms with E-state index in [0.717, 1.165) is 18.4 Å². The molecule has 192 valence electrons. The van der Waals surface area contributed by atoms with Crippen molar-refractivity contribution in [3.8, 4) is 0 Å². The van der Waals surface area contributed by atoms with Crippen LogP contribution in [0.2, 0.25) is 0 Å². The molecule has 0 aliphatic carbocycles. The van der Waals surface area contributed by atoms with Gasteiger partial charge in [-0.1, -0.05) is 44.2 Å². The number of carbonyl (C=O) groups is 3. The van der Waals surface area contributed by atoms with E-state index in [4.69, 9.17) is 9.84 Å². The summed E-state index contributed by atoms with van der Waals surface area (Å²) < 4.78 is 6.69. The summed E-state index contributed by atoms with van der Waals surface area (Å²) in [5.41, 5.74) is -0.835. The van der Waals surface area contributed by atoms with Gasteiger partial charge in [-0.3, -0.25) is 14.4 Å². The van der Waals surface area contributed by atoms with Crippen LogP contribution < -0.4 is 10.6 Å². The molecule has 1 aromatic rings. The molecule has 1 spiro atoms. The average molecular weight is 486 g/mol. The Labute approximate surface area is 207 Å². The van der Waals surface area contributed by atoms with Crippen LogP contribution in [-0.4, -0.2) is 64.7 Å². The zero-order valence-electron chi connectivity index (χ0n) is 21.1. The fourth-order valence-corrected chi connectivity index (χ4v) is 6.49. The van der Waals surface area contributed by atoms with Gasteiger partial charge in [0, 0.05) is 26.2 Å². The predicted octanol–water partition coefficient (Wildman–Crippen LogP) is 2.00. The summed E-state index contributed by atoms with van der Waals surface area (Å²) in [5.74, 6) is -1.84. The van der Waals surface area contributed by atoms with Crippen molar-refractivity contribution in [1.82, 2.24) is 15.5 Å². The molecule has 3 amide bonds. The van der Waals surface area contributed by atoms with Crippen LogP contribution in [0, 0.1) is 17.8 Å². The van der Waals surface area contributed by atoms with Crippen molar-refractivity contribution in [2.24, 2.45) is 17.8 Å². The maximum atomic E-state index is 13.9. The standard InChI is InChI=1S/C27H39N3O5/c1-4-13-28-23(32)20-21-25(34)30(14-9-6-10-15-31)22(27(21)16-18(2)26(20,3)35-27)24(33)29-17-19-11-7-5-8-12-19/h5,7-8,11-12,18,20-22,31H,4,6,9-10,13-17H2,1-3H3,(H,28,32)(H,29,33)/t18?,20-,21-,22?,26+,27?/m0/s1. The number of fused-ring (bicyclic) bond motifs is 1. The Kier molecular flexibility index (Phi) is 7.52. The predicted molar refractivity (Wildman–Crippen MR) is 131 cm³/mol. The van der Waals surface area contributed by atoms with Crippen molar-refractivity contribution in [2.45, 2.75) is 76.7 Å². The molecule has 4 rings (SSSR count). The third-order valence-corrected chi connectivity index (χ3v) is 8.26. The maximum Gasteiger partial charge on any atom is 0.246 e. The molecule has 6 atom stereocenters. The van der Waals surface area contributed by atoms with E-state index in [9.17, 15) is 14.4 Å². The highest BCUT2D eigenvalue weighted by Crippen LogP contribution is 2.65. The monoisotopic (exact) mass is 485 g/mol. The lowest BCUT2D eigenvalue weighted by molar-refractivity contribution is -0.147. The Morgan fingerprint density at radius 3 is 2.57 bits per heavy atom. The lowest BCUT2D eigenvalue weighted by Crippen LogP contribution is -2.55. The van der Waals surface area contributed by atoms with Crippen molar-refractivity contribution in [2.75, 3.05) is 19.7 Å². The first-order valence-electron chi connectivity index (χ1n) is 13.0. The molecule has 3 heterocycles. The third-order valence-electron chi connectivity index (χ3n) is 8.26. The summed E-state index contributed by atoms with van der Waals surface area (Å²) in [7, 11) is 0. The van der Waals surface area contributed by atoms with Gasteiger partial charge in [0.05, 0.1) is 17.4 Å². The molecule has 3 saturated heterocycles. The van der Waals surface area contributed by atoms with Crippen LogP contribution in [0.1, 0.15) is 58.4 Å². The molecule has 3 unspecified atom stereocenters. The lowest BCUT2D eigenvalue weighted by Gasteiger charge is -2.36. The van der Waals surface area contributed by atoms with Crippen molar-refractivity contribution in [3.05, 3.63) is 35.9 Å². The number of unbranched alkanes of at least 4 members (excludes halogenated alkanes) is 2. The molecule has 8 heteroatoms. The highest BCUT2D eigenvalue weighted by Gasteiger charge is 2.79. The topological polar surface area (TPSA) is 108 Å². The van der Waals surface area contributed by atoms with Crippen molar-refractivity contribution in [1.29, 1.82) is 0 Å². The van der Waals surface area contributed by atoms with Crippen LogP contribution in [0.5, 0.6) is 0 Å². The number of nitrogens with zero attached hydrogens (tertiary/aromatic N) is 1. The summed E-state index contributed by atoms with van der Waals surface area (Å²) in [4.78, 5) is 42.6. The highest BCUT2D eigenvalue weighted by molar-refractivity contribution is 5.99. The van der Waals surface area contributed by atoms with Crippen LogP contribution >= 0.6 is 0 Å². The number of aliphatic hydroxyl groups excluding tert-OH is 1. The largest absolute Gasteiger partial charge is 0.396 e. The van der Waals surface area contributed by atoms with Gasteiger partial charge in [0.15, 0.2) is 0 Å². The molecule has 3 fully saturated rings. The molecule has 2 bridgehead atoms. The van der Waals surface area contributed by atoms with Gasteiger partial charge in [-0.05, 0) is 50.5 Å². The minimum absolute atomic E-state index is 0.0303. The number of amides is 3. The smallest absolute Gasteiger partial charge is 0.246 e. The Morgan fingerprint density at radius 1 is 1.14 bits per heavy atom. The average Bonchev–Trinajstić information content (AvgIpc) is 3.36. The molecule has 0 aromatic heterocycles. The van der Waals surface area contributed by atoms with Gasteiger partial charge in [-0.2, -0.15) is 0 Å². The normalized spacial score (nSPS) is 33.1. The molecular formula is C27H39N3O5. The fraction of sp³-hybridized carbons (Fsp3) is 0.667. The van der Waals surface area contributed by atoms with Gasteiger partial charge in [-0.15, -0.1) is 0 Å². The molecule has 3 aliphatic heterocycles. The van der Waals surface area contributed by atoms with Crippen LogP contribution in [0.3, 0.4) is 0 Å². The Hall–Kier alpha value is -2.45. The summed E-state index contributed by atoms with van der Waals surface area (Å²) >= 11 is 0. The first-order valence-corrected chi connectivity index (χ1v) is 13.0. The molecule has 0 saturated carbocycles. The van der Waals surface area contributed by atoms with Gasteiger partial charge in [-0.25, -0.2) is 0 Å². The van der Waals surface area contributed by atoms with E-state index >= 15 is 0 Å². The number of rotatable bonds is 11. The second-order valence-electron chi connectivity index (χ2n) is 10.5. The number of aliphatic hydroxyl groups is 1. The summed E-state index contributed by atoms with van der Waals surface area (Å²) in [5, 5.41) is 15.2. The Morgan fingerprint density at radius 2 is 1.89 bits per heavy atom. The van der Waals surface area contributed by atoms with Gasteiger partial charge < -0.3 is 25.4 Å². The molecular weight excluding hydrogens is 446 g/mol. The van der Waals surface area contributed by atoms with E-state index in [1.807, 2.05) is 44.2 Å². The summed E-state index contributed by atoms with van der Waals surface area (Å²) in [6.07, 6.45) is 3.45. The molecule has 8 nitrogen and oxygen atoms in total. The van der Waals surface area contributed by atoms with E-state index in [2.05, 4.69) is 17.6 Å². The fourth-order valence-electron chi connectivity index (χ4n) is 6.49. The van der Waals surface area contributed by atoms with Gasteiger partial charge >= 0.3 is 0 Å².